The molecule has 1 aliphatic rings. The lowest BCUT2D eigenvalue weighted by Gasteiger charge is -2.10. The molecule has 2 aromatic carbocycles. The Labute approximate surface area is 197 Å². The van der Waals surface area contributed by atoms with E-state index in [-0.39, 0.29) is 23.2 Å². The van der Waals surface area contributed by atoms with Gasteiger partial charge in [-0.1, -0.05) is 42.7 Å². The SMILES string of the molecule is Cc1ccc(C)c(C(=O)NCc2ccc(-n3nc(C4CCCC4)c4c(=O)[nH]nc(N)c43)cc2)c1. The Kier molecular flexibility index (Phi) is 5.65. The van der Waals surface area contributed by atoms with Crippen molar-refractivity contribution in [3.63, 3.8) is 0 Å². The number of amides is 1. The van der Waals surface area contributed by atoms with E-state index in [0.717, 1.165) is 53.8 Å². The first-order chi connectivity index (χ1) is 16.4. The minimum Gasteiger partial charge on any atom is -0.380 e. The van der Waals surface area contributed by atoms with Gasteiger partial charge in [0.2, 0.25) is 0 Å². The summed E-state index contributed by atoms with van der Waals surface area (Å²) in [5, 5.41) is 14.8. The van der Waals surface area contributed by atoms with Crippen LogP contribution in [0.5, 0.6) is 0 Å². The van der Waals surface area contributed by atoms with Crippen molar-refractivity contribution in [2.24, 2.45) is 0 Å². The standard InChI is InChI=1S/C26H28N6O2/c1-15-7-8-16(2)20(13-15)25(33)28-14-17-9-11-19(12-10-17)32-23-21(26(34)30-29-24(23)27)22(31-32)18-5-3-4-6-18/h7-13,18H,3-6,14H2,1-2H3,(H2,27,29)(H,28,33)(H,30,34). The van der Waals surface area contributed by atoms with Crippen LogP contribution in [0.2, 0.25) is 0 Å². The molecule has 0 saturated heterocycles. The number of hydrogen-bond donors (Lipinski definition) is 3. The fourth-order valence-electron chi connectivity index (χ4n) is 4.80. The number of benzene rings is 2. The van der Waals surface area contributed by atoms with Crippen LogP contribution in [-0.2, 0) is 6.54 Å². The molecule has 4 N–H and O–H groups in total. The molecule has 34 heavy (non-hydrogen) atoms. The highest BCUT2D eigenvalue weighted by Gasteiger charge is 2.27. The number of aryl methyl sites for hydroxylation is 2. The lowest BCUT2D eigenvalue weighted by atomic mass is 10.0. The minimum atomic E-state index is -0.261. The summed E-state index contributed by atoms with van der Waals surface area (Å²) in [6, 6.07) is 13.6. The van der Waals surface area contributed by atoms with Crippen molar-refractivity contribution in [1.82, 2.24) is 25.3 Å². The summed E-state index contributed by atoms with van der Waals surface area (Å²) in [4.78, 5) is 25.3. The Morgan fingerprint density at radius 3 is 2.62 bits per heavy atom. The highest BCUT2D eigenvalue weighted by atomic mass is 16.1. The van der Waals surface area contributed by atoms with Crippen molar-refractivity contribution < 1.29 is 4.79 Å². The first kappa shape index (κ1) is 21.9. The molecule has 8 nitrogen and oxygen atoms in total. The van der Waals surface area contributed by atoms with Crippen LogP contribution < -0.4 is 16.6 Å². The Bertz CT molecular complexity index is 1430. The van der Waals surface area contributed by atoms with Gasteiger partial charge in [0.05, 0.1) is 16.8 Å². The second kappa shape index (κ2) is 8.78. The van der Waals surface area contributed by atoms with E-state index in [2.05, 4.69) is 15.5 Å². The largest absolute Gasteiger partial charge is 0.380 e. The smallest absolute Gasteiger partial charge is 0.275 e. The Hall–Kier alpha value is -3.94. The molecular formula is C26H28N6O2. The van der Waals surface area contributed by atoms with Gasteiger partial charge >= 0.3 is 0 Å². The van der Waals surface area contributed by atoms with Gasteiger partial charge in [-0.25, -0.2) is 9.78 Å². The van der Waals surface area contributed by atoms with Crippen molar-refractivity contribution in [3.05, 3.63) is 80.8 Å². The van der Waals surface area contributed by atoms with Crippen molar-refractivity contribution in [3.8, 4) is 5.69 Å². The maximum absolute atomic E-state index is 12.7. The van der Waals surface area contributed by atoms with Gasteiger partial charge in [0.15, 0.2) is 5.82 Å². The second-order valence-corrected chi connectivity index (χ2v) is 9.11. The van der Waals surface area contributed by atoms with E-state index in [1.54, 1.807) is 4.68 Å². The molecule has 0 bridgehead atoms. The molecule has 174 valence electrons. The summed E-state index contributed by atoms with van der Waals surface area (Å²) in [5.41, 5.74) is 11.7. The number of nitrogens with two attached hydrogens (primary N) is 1. The lowest BCUT2D eigenvalue weighted by Crippen LogP contribution is -2.23. The van der Waals surface area contributed by atoms with Crippen molar-refractivity contribution in [1.29, 1.82) is 0 Å². The summed E-state index contributed by atoms with van der Waals surface area (Å²) in [6.07, 6.45) is 4.32. The molecule has 0 atom stereocenters. The van der Waals surface area contributed by atoms with Crippen LogP contribution in [0.3, 0.4) is 0 Å². The third-order valence-corrected chi connectivity index (χ3v) is 6.67. The zero-order valence-electron chi connectivity index (χ0n) is 19.4. The topological polar surface area (TPSA) is 119 Å². The lowest BCUT2D eigenvalue weighted by molar-refractivity contribution is 0.0950. The molecule has 5 rings (SSSR count). The third kappa shape index (κ3) is 3.96. The van der Waals surface area contributed by atoms with Crippen molar-refractivity contribution >= 4 is 22.6 Å². The number of H-pyrrole nitrogens is 1. The molecule has 0 aliphatic heterocycles. The maximum Gasteiger partial charge on any atom is 0.275 e. The number of nitrogens with zero attached hydrogens (tertiary/aromatic N) is 3. The number of nitrogens with one attached hydrogen (secondary N) is 2. The van der Waals surface area contributed by atoms with E-state index in [1.807, 2.05) is 56.3 Å². The van der Waals surface area contributed by atoms with Gasteiger partial charge in [-0.3, -0.25) is 9.59 Å². The molecule has 1 amide bonds. The molecule has 1 saturated carbocycles. The number of aromatic nitrogens is 4. The fraction of sp³-hybridized carbons (Fsp3) is 0.308. The van der Waals surface area contributed by atoms with E-state index in [9.17, 15) is 9.59 Å². The number of hydrogen-bond acceptors (Lipinski definition) is 5. The van der Waals surface area contributed by atoms with Gasteiger partial charge in [0.1, 0.15) is 5.52 Å². The van der Waals surface area contributed by atoms with Crippen molar-refractivity contribution in [2.45, 2.75) is 52.0 Å². The summed E-state index contributed by atoms with van der Waals surface area (Å²) in [7, 11) is 0. The predicted molar refractivity (Wildman–Crippen MR) is 132 cm³/mol. The van der Waals surface area contributed by atoms with E-state index in [4.69, 9.17) is 10.8 Å². The van der Waals surface area contributed by atoms with Gasteiger partial charge in [-0.05, 0) is 56.0 Å². The zero-order valence-corrected chi connectivity index (χ0v) is 19.4. The highest BCUT2D eigenvalue weighted by molar-refractivity contribution is 5.95. The van der Waals surface area contributed by atoms with Gasteiger partial charge < -0.3 is 11.1 Å². The molecule has 2 aromatic heterocycles. The molecule has 1 aliphatic carbocycles. The molecule has 0 radical (unpaired) electrons. The van der Waals surface area contributed by atoms with Gasteiger partial charge in [-0.2, -0.15) is 10.2 Å². The molecule has 0 spiro atoms. The first-order valence-corrected chi connectivity index (χ1v) is 11.6. The summed E-state index contributed by atoms with van der Waals surface area (Å²) in [6.45, 7) is 4.31. The zero-order chi connectivity index (χ0) is 23.8. The normalized spacial score (nSPS) is 14.1. The quantitative estimate of drug-likeness (QED) is 0.421. The van der Waals surface area contributed by atoms with E-state index < -0.39 is 0 Å². The van der Waals surface area contributed by atoms with Crippen molar-refractivity contribution in [2.75, 3.05) is 5.73 Å². The summed E-state index contributed by atoms with van der Waals surface area (Å²) in [5.74, 6) is 0.407. The van der Waals surface area contributed by atoms with Gasteiger partial charge in [0, 0.05) is 18.0 Å². The van der Waals surface area contributed by atoms with Gasteiger partial charge in [-0.15, -0.1) is 0 Å². The van der Waals surface area contributed by atoms with Crippen LogP contribution >= 0.6 is 0 Å². The third-order valence-electron chi connectivity index (χ3n) is 6.67. The molecule has 0 unspecified atom stereocenters. The number of rotatable bonds is 5. The average Bonchev–Trinajstić information content (AvgIpc) is 3.50. The molecule has 8 heteroatoms. The van der Waals surface area contributed by atoms with E-state index >= 15 is 0 Å². The number of anilines is 1. The number of nitrogen functional groups attached to an aromatic ring is 1. The van der Waals surface area contributed by atoms with Gasteiger partial charge in [0.25, 0.3) is 11.5 Å². The number of carbonyl (C=O) groups excluding carboxylic acids is 1. The second-order valence-electron chi connectivity index (χ2n) is 9.11. The van der Waals surface area contributed by atoms with Crippen LogP contribution in [-0.4, -0.2) is 25.9 Å². The number of fused-ring (bicyclic) bond motifs is 1. The molecular weight excluding hydrogens is 428 g/mol. The predicted octanol–water partition coefficient (Wildman–Crippen LogP) is 3.90. The van der Waals surface area contributed by atoms with Crippen LogP contribution in [0.25, 0.3) is 16.6 Å². The minimum absolute atomic E-state index is 0.0948. The molecule has 2 heterocycles. The van der Waals surface area contributed by atoms with Crippen LogP contribution in [0.15, 0.2) is 47.3 Å². The number of carbonyl (C=O) groups is 1. The summed E-state index contributed by atoms with van der Waals surface area (Å²) >= 11 is 0. The maximum atomic E-state index is 12.7. The molecule has 4 aromatic rings. The Morgan fingerprint density at radius 2 is 1.88 bits per heavy atom. The fourth-order valence-corrected chi connectivity index (χ4v) is 4.80. The van der Waals surface area contributed by atoms with E-state index in [0.29, 0.717) is 23.0 Å². The first-order valence-electron chi connectivity index (χ1n) is 11.6. The monoisotopic (exact) mass is 456 g/mol. The average molecular weight is 457 g/mol. The Balaban J connectivity index is 1.42. The number of aromatic amines is 1. The van der Waals surface area contributed by atoms with E-state index in [1.165, 1.54) is 0 Å². The highest BCUT2D eigenvalue weighted by Crippen LogP contribution is 2.37. The summed E-state index contributed by atoms with van der Waals surface area (Å²) < 4.78 is 1.72. The van der Waals surface area contributed by atoms with Crippen LogP contribution in [0.1, 0.15) is 64.3 Å². The van der Waals surface area contributed by atoms with Crippen LogP contribution in [0, 0.1) is 13.8 Å². The Morgan fingerprint density at radius 1 is 1.15 bits per heavy atom. The van der Waals surface area contributed by atoms with Crippen LogP contribution in [0.4, 0.5) is 5.82 Å². The molecule has 1 fully saturated rings.